The van der Waals surface area contributed by atoms with Gasteiger partial charge >= 0.3 is 5.97 Å². The zero-order valence-electron chi connectivity index (χ0n) is 17.5. The van der Waals surface area contributed by atoms with Gasteiger partial charge in [-0.2, -0.15) is 0 Å². The molecule has 2 aromatic heterocycles. The van der Waals surface area contributed by atoms with Gasteiger partial charge in [0, 0.05) is 23.1 Å². The van der Waals surface area contributed by atoms with Crippen molar-refractivity contribution >= 4 is 27.5 Å². The van der Waals surface area contributed by atoms with Crippen molar-refractivity contribution in [3.8, 4) is 28.1 Å². The van der Waals surface area contributed by atoms with E-state index in [0.717, 1.165) is 45.8 Å². The maximum Gasteiger partial charge on any atom is 0.346 e. The number of aromatic nitrogens is 1. The average Bonchev–Trinajstić information content (AvgIpc) is 3.17. The Hall–Kier alpha value is -3.22. The molecule has 0 saturated heterocycles. The van der Waals surface area contributed by atoms with E-state index in [4.69, 9.17) is 9.72 Å². The Morgan fingerprint density at radius 3 is 2.42 bits per heavy atom. The van der Waals surface area contributed by atoms with Gasteiger partial charge in [-0.3, -0.25) is 0 Å². The fourth-order valence-electron chi connectivity index (χ4n) is 3.47. The number of carbonyl (C=O) groups is 1. The van der Waals surface area contributed by atoms with Crippen LogP contribution in [0.2, 0.25) is 0 Å². The molecule has 6 heteroatoms. The van der Waals surface area contributed by atoms with Gasteiger partial charge in [-0.15, -0.1) is 11.3 Å². The summed E-state index contributed by atoms with van der Waals surface area (Å²) in [6.07, 6.45) is 0.947. The van der Waals surface area contributed by atoms with E-state index in [1.54, 1.807) is 0 Å². The van der Waals surface area contributed by atoms with Crippen LogP contribution >= 0.6 is 11.3 Å². The number of pyridine rings is 1. The Morgan fingerprint density at radius 2 is 1.74 bits per heavy atom. The highest BCUT2D eigenvalue weighted by molar-refractivity contribution is 7.21. The molecular weight excluding hydrogens is 408 g/mol. The summed E-state index contributed by atoms with van der Waals surface area (Å²) in [5.41, 5.74) is 3.39. The van der Waals surface area contributed by atoms with E-state index < -0.39 is 5.97 Å². The van der Waals surface area contributed by atoms with Gasteiger partial charge in [0.05, 0.1) is 12.3 Å². The number of hydrogen-bond acceptors (Lipinski definition) is 5. The van der Waals surface area contributed by atoms with Gasteiger partial charge in [0.2, 0.25) is 0 Å². The Kier molecular flexibility index (Phi) is 6.30. The molecule has 0 spiro atoms. The second-order valence-corrected chi connectivity index (χ2v) is 8.56. The molecule has 0 fully saturated rings. The molecule has 0 radical (unpaired) electrons. The number of ether oxygens (including phenoxy) is 1. The molecule has 4 rings (SSSR count). The summed E-state index contributed by atoms with van der Waals surface area (Å²) in [6.45, 7) is 1.62. The van der Waals surface area contributed by atoms with Crippen molar-refractivity contribution in [3.63, 3.8) is 0 Å². The molecule has 1 N–H and O–H groups in total. The summed E-state index contributed by atoms with van der Waals surface area (Å²) in [7, 11) is 4.08. The third-order valence-corrected chi connectivity index (χ3v) is 6.07. The molecule has 0 saturated carbocycles. The van der Waals surface area contributed by atoms with Crippen LogP contribution in [0, 0.1) is 0 Å². The van der Waals surface area contributed by atoms with Crippen LogP contribution in [0.4, 0.5) is 0 Å². The van der Waals surface area contributed by atoms with E-state index in [9.17, 15) is 9.90 Å². The van der Waals surface area contributed by atoms with E-state index in [1.165, 1.54) is 11.3 Å². The minimum absolute atomic E-state index is 0.298. The Morgan fingerprint density at radius 1 is 1.00 bits per heavy atom. The molecule has 0 aliphatic rings. The highest BCUT2D eigenvalue weighted by atomic mass is 32.1. The van der Waals surface area contributed by atoms with E-state index in [1.807, 2.05) is 80.8 Å². The zero-order chi connectivity index (χ0) is 21.8. The van der Waals surface area contributed by atoms with Crippen molar-refractivity contribution in [1.29, 1.82) is 0 Å². The monoisotopic (exact) mass is 432 g/mol. The summed E-state index contributed by atoms with van der Waals surface area (Å²) in [4.78, 5) is 19.9. The molecular formula is C25H24N2O3S. The van der Waals surface area contributed by atoms with Crippen LogP contribution in [0.15, 0.2) is 66.7 Å². The van der Waals surface area contributed by atoms with E-state index in [2.05, 4.69) is 4.90 Å². The number of carboxylic acids is 1. The second kappa shape index (κ2) is 9.29. The van der Waals surface area contributed by atoms with E-state index in [0.29, 0.717) is 17.0 Å². The predicted octanol–water partition coefficient (Wildman–Crippen LogP) is 5.66. The lowest BCUT2D eigenvalue weighted by Gasteiger charge is -2.11. The van der Waals surface area contributed by atoms with Crippen LogP contribution < -0.4 is 4.74 Å². The maximum atomic E-state index is 12.0. The summed E-state index contributed by atoms with van der Waals surface area (Å²) >= 11 is 1.21. The first-order chi connectivity index (χ1) is 15.0. The van der Waals surface area contributed by atoms with Crippen LogP contribution in [-0.4, -0.2) is 48.2 Å². The topological polar surface area (TPSA) is 62.7 Å². The minimum atomic E-state index is -0.941. The highest BCUT2D eigenvalue weighted by Gasteiger charge is 2.20. The molecule has 0 aliphatic heterocycles. The average molecular weight is 433 g/mol. The van der Waals surface area contributed by atoms with Crippen molar-refractivity contribution in [2.24, 2.45) is 0 Å². The number of carboxylic acid groups (broad SMARTS) is 1. The third kappa shape index (κ3) is 4.76. The molecule has 31 heavy (non-hydrogen) atoms. The smallest absolute Gasteiger partial charge is 0.346 e. The van der Waals surface area contributed by atoms with Gasteiger partial charge in [-0.1, -0.05) is 42.5 Å². The van der Waals surface area contributed by atoms with Gasteiger partial charge in [0.1, 0.15) is 15.5 Å². The van der Waals surface area contributed by atoms with Crippen molar-refractivity contribution in [2.45, 2.75) is 6.42 Å². The second-order valence-electron chi connectivity index (χ2n) is 7.56. The molecule has 0 unspecified atom stereocenters. The number of thiophene rings is 1. The van der Waals surface area contributed by atoms with Crippen LogP contribution in [-0.2, 0) is 0 Å². The Balaban J connectivity index is 1.64. The standard InChI is InChI=1S/C25H24N2O3S/c1-27(2)15-6-16-30-19-11-9-18(10-12-19)22-20-13-14-21(17-7-4-3-5-8-17)26-24(20)31-23(22)25(28)29/h3-5,7-14H,6,15-16H2,1-2H3,(H,28,29). The lowest BCUT2D eigenvalue weighted by atomic mass is 10.0. The number of hydrogen-bond donors (Lipinski definition) is 1. The summed E-state index contributed by atoms with van der Waals surface area (Å²) in [5.74, 6) is -0.160. The number of fused-ring (bicyclic) bond motifs is 1. The fraction of sp³-hybridized carbons (Fsp3) is 0.200. The molecule has 0 atom stereocenters. The van der Waals surface area contributed by atoms with Crippen LogP contribution in [0.5, 0.6) is 5.75 Å². The summed E-state index contributed by atoms with van der Waals surface area (Å²) in [6, 6.07) is 21.4. The fourth-order valence-corrected chi connectivity index (χ4v) is 4.51. The first-order valence-corrected chi connectivity index (χ1v) is 10.9. The molecule has 5 nitrogen and oxygen atoms in total. The normalized spacial score (nSPS) is 11.2. The largest absolute Gasteiger partial charge is 0.494 e. The van der Waals surface area contributed by atoms with Gasteiger partial charge in [0.15, 0.2) is 0 Å². The maximum absolute atomic E-state index is 12.0. The number of nitrogens with zero attached hydrogens (tertiary/aromatic N) is 2. The zero-order valence-corrected chi connectivity index (χ0v) is 18.4. The summed E-state index contributed by atoms with van der Waals surface area (Å²) in [5, 5.41) is 10.7. The predicted molar refractivity (Wildman–Crippen MR) is 126 cm³/mol. The van der Waals surface area contributed by atoms with Crippen molar-refractivity contribution in [3.05, 3.63) is 71.6 Å². The number of benzene rings is 2. The quantitative estimate of drug-likeness (QED) is 0.364. The number of aromatic carboxylic acids is 1. The first kappa shape index (κ1) is 21.0. The lowest BCUT2D eigenvalue weighted by Crippen LogP contribution is -2.15. The molecule has 0 amide bonds. The first-order valence-electron chi connectivity index (χ1n) is 10.1. The van der Waals surface area contributed by atoms with Gasteiger partial charge in [0.25, 0.3) is 0 Å². The van der Waals surface area contributed by atoms with Crippen LogP contribution in [0.3, 0.4) is 0 Å². The van der Waals surface area contributed by atoms with Crippen molar-refractivity contribution in [2.75, 3.05) is 27.2 Å². The molecule has 4 aromatic rings. The summed E-state index contributed by atoms with van der Waals surface area (Å²) < 4.78 is 5.81. The van der Waals surface area contributed by atoms with Gasteiger partial charge in [-0.05, 0) is 50.3 Å². The van der Waals surface area contributed by atoms with Crippen molar-refractivity contribution < 1.29 is 14.6 Å². The molecule has 0 bridgehead atoms. The van der Waals surface area contributed by atoms with Crippen molar-refractivity contribution in [1.82, 2.24) is 9.88 Å². The van der Waals surface area contributed by atoms with E-state index in [-0.39, 0.29) is 0 Å². The van der Waals surface area contributed by atoms with Crippen LogP contribution in [0.25, 0.3) is 32.6 Å². The van der Waals surface area contributed by atoms with Gasteiger partial charge < -0.3 is 14.7 Å². The third-order valence-electron chi connectivity index (χ3n) is 4.98. The Labute approximate surface area is 185 Å². The minimum Gasteiger partial charge on any atom is -0.494 e. The van der Waals surface area contributed by atoms with Gasteiger partial charge in [-0.25, -0.2) is 9.78 Å². The number of rotatable bonds is 8. The highest BCUT2D eigenvalue weighted by Crippen LogP contribution is 2.39. The molecule has 158 valence electrons. The molecule has 2 heterocycles. The molecule has 2 aromatic carbocycles. The van der Waals surface area contributed by atoms with E-state index >= 15 is 0 Å². The molecule has 0 aliphatic carbocycles. The lowest BCUT2D eigenvalue weighted by molar-refractivity contribution is 0.0703. The SMILES string of the molecule is CN(C)CCCOc1ccc(-c2c(C(=O)O)sc3nc(-c4ccccc4)ccc23)cc1. The van der Waals surface area contributed by atoms with Crippen LogP contribution in [0.1, 0.15) is 16.1 Å². The Bertz CT molecular complexity index is 1180.